The van der Waals surface area contributed by atoms with Crippen LogP contribution >= 0.6 is 0 Å². The first-order valence-corrected chi connectivity index (χ1v) is 10.3. The molecule has 0 aliphatic heterocycles. The molecule has 0 saturated carbocycles. The number of carbonyl (C=O) groups excluding carboxylic acids is 1. The van der Waals surface area contributed by atoms with Crippen molar-refractivity contribution in [1.82, 2.24) is 0 Å². The highest BCUT2D eigenvalue weighted by Crippen LogP contribution is 2.25. The molecule has 2 N–H and O–H groups in total. The third kappa shape index (κ3) is 4.64. The summed E-state index contributed by atoms with van der Waals surface area (Å²) in [5, 5.41) is 14.1. The van der Waals surface area contributed by atoms with Gasteiger partial charge in [-0.15, -0.1) is 0 Å². The van der Waals surface area contributed by atoms with Crippen LogP contribution in [0, 0.1) is 0 Å². The van der Waals surface area contributed by atoms with Gasteiger partial charge in [0.1, 0.15) is 0 Å². The maximum Gasteiger partial charge on any atom is 0.337 e. The number of hydrogen-bond donors (Lipinski definition) is 2. The number of benzene rings is 4. The van der Waals surface area contributed by atoms with Gasteiger partial charge in [0, 0.05) is 0 Å². The predicted octanol–water partition coefficient (Wildman–Crippen LogP) is 5.95. The molecule has 0 aromatic heterocycles. The molecule has 4 rings (SSSR count). The molecule has 0 heterocycles. The number of hydrogen-bond acceptors (Lipinski definition) is 2. The smallest absolute Gasteiger partial charge is 0.337 e. The van der Waals surface area contributed by atoms with E-state index in [2.05, 4.69) is 36.5 Å². The second kappa shape index (κ2) is 8.84. The van der Waals surface area contributed by atoms with Crippen LogP contribution in [0.4, 0.5) is 5.69 Å². The van der Waals surface area contributed by atoms with E-state index >= 15 is 0 Å². The lowest BCUT2D eigenvalue weighted by Gasteiger charge is -2.11. The Bertz CT molecular complexity index is 1260. The van der Waals surface area contributed by atoms with E-state index in [1.54, 1.807) is 12.1 Å². The molecular formula is C27H23NO3. The molecular weight excluding hydrogens is 386 g/mol. The van der Waals surface area contributed by atoms with Crippen molar-refractivity contribution in [2.24, 2.45) is 0 Å². The van der Waals surface area contributed by atoms with Crippen LogP contribution in [0.2, 0.25) is 0 Å². The fraction of sp³-hybridized carbons (Fsp3) is 0.111. The van der Waals surface area contributed by atoms with Gasteiger partial charge < -0.3 is 10.4 Å². The van der Waals surface area contributed by atoms with Crippen molar-refractivity contribution < 1.29 is 14.7 Å². The zero-order valence-corrected chi connectivity index (χ0v) is 17.3. The molecule has 4 heteroatoms. The molecule has 0 unspecified atom stereocenters. The van der Waals surface area contributed by atoms with E-state index in [0.717, 1.165) is 33.9 Å². The number of carbonyl (C=O) groups is 2. The topological polar surface area (TPSA) is 66.4 Å². The van der Waals surface area contributed by atoms with E-state index in [4.69, 9.17) is 0 Å². The SMILES string of the molecule is CCc1ccc(-c2cccc(CC(=O)Nc3cc4ccccc4cc3C(=O)O)c2)cc1. The van der Waals surface area contributed by atoms with Crippen molar-refractivity contribution in [3.8, 4) is 11.1 Å². The maximum atomic E-state index is 12.7. The fourth-order valence-corrected chi connectivity index (χ4v) is 3.69. The molecule has 0 aliphatic rings. The summed E-state index contributed by atoms with van der Waals surface area (Å²) in [5.74, 6) is -1.32. The van der Waals surface area contributed by atoms with E-state index in [0.29, 0.717) is 5.69 Å². The molecule has 4 aromatic rings. The summed E-state index contributed by atoms with van der Waals surface area (Å²) in [6.07, 6.45) is 1.15. The Labute approximate surface area is 181 Å². The summed E-state index contributed by atoms with van der Waals surface area (Å²) in [6.45, 7) is 2.12. The average Bonchev–Trinajstić information content (AvgIpc) is 2.78. The summed E-state index contributed by atoms with van der Waals surface area (Å²) >= 11 is 0. The first-order chi connectivity index (χ1) is 15.0. The Morgan fingerprint density at radius 2 is 1.48 bits per heavy atom. The van der Waals surface area contributed by atoms with Gasteiger partial charge in [0.2, 0.25) is 5.91 Å². The Balaban J connectivity index is 1.55. The van der Waals surface area contributed by atoms with Crippen LogP contribution in [0.15, 0.2) is 84.9 Å². The van der Waals surface area contributed by atoms with Gasteiger partial charge >= 0.3 is 5.97 Å². The van der Waals surface area contributed by atoms with Gasteiger partial charge in [-0.1, -0.05) is 79.7 Å². The van der Waals surface area contributed by atoms with Crippen LogP contribution in [-0.2, 0) is 17.6 Å². The molecule has 4 aromatic carbocycles. The Morgan fingerprint density at radius 1 is 0.774 bits per heavy atom. The zero-order valence-electron chi connectivity index (χ0n) is 17.3. The molecule has 0 radical (unpaired) electrons. The first kappa shape index (κ1) is 20.4. The number of carboxylic acid groups (broad SMARTS) is 1. The van der Waals surface area contributed by atoms with Crippen LogP contribution in [0.5, 0.6) is 0 Å². The number of carboxylic acids is 1. The van der Waals surface area contributed by atoms with Crippen molar-refractivity contribution in [2.45, 2.75) is 19.8 Å². The number of aryl methyl sites for hydroxylation is 1. The standard InChI is InChI=1S/C27H23NO3/c1-2-18-10-12-20(13-11-18)21-9-5-6-19(14-21)15-26(29)28-25-17-23-8-4-3-7-22(23)16-24(25)27(30)31/h3-14,16-17H,2,15H2,1H3,(H,28,29)(H,30,31). The molecule has 0 aliphatic carbocycles. The molecule has 0 saturated heterocycles. The normalized spacial score (nSPS) is 10.7. The average molecular weight is 409 g/mol. The van der Waals surface area contributed by atoms with Crippen molar-refractivity contribution in [1.29, 1.82) is 0 Å². The van der Waals surface area contributed by atoms with Crippen molar-refractivity contribution in [3.05, 3.63) is 102 Å². The minimum Gasteiger partial charge on any atom is -0.478 e. The Morgan fingerprint density at radius 3 is 2.16 bits per heavy atom. The summed E-state index contributed by atoms with van der Waals surface area (Å²) < 4.78 is 0. The van der Waals surface area contributed by atoms with E-state index in [9.17, 15) is 14.7 Å². The number of nitrogens with one attached hydrogen (secondary N) is 1. The highest BCUT2D eigenvalue weighted by atomic mass is 16.4. The zero-order chi connectivity index (χ0) is 21.8. The summed E-state index contributed by atoms with van der Waals surface area (Å²) in [6, 6.07) is 27.1. The molecule has 0 fully saturated rings. The minimum absolute atomic E-state index is 0.0804. The van der Waals surface area contributed by atoms with Crippen LogP contribution < -0.4 is 5.32 Å². The van der Waals surface area contributed by atoms with Gasteiger partial charge in [-0.25, -0.2) is 4.79 Å². The quantitative estimate of drug-likeness (QED) is 0.414. The van der Waals surface area contributed by atoms with E-state index < -0.39 is 5.97 Å². The van der Waals surface area contributed by atoms with E-state index in [-0.39, 0.29) is 17.9 Å². The van der Waals surface area contributed by atoms with Gasteiger partial charge in [0.25, 0.3) is 0 Å². The van der Waals surface area contributed by atoms with Crippen LogP contribution in [-0.4, -0.2) is 17.0 Å². The Hall–Kier alpha value is -3.92. The highest BCUT2D eigenvalue weighted by molar-refractivity contribution is 6.05. The highest BCUT2D eigenvalue weighted by Gasteiger charge is 2.14. The second-order valence-corrected chi connectivity index (χ2v) is 7.53. The minimum atomic E-state index is -1.07. The molecule has 0 spiro atoms. The number of anilines is 1. The summed E-state index contributed by atoms with van der Waals surface area (Å²) in [4.78, 5) is 24.4. The Kier molecular flexibility index (Phi) is 5.80. The lowest BCUT2D eigenvalue weighted by Crippen LogP contribution is -2.17. The van der Waals surface area contributed by atoms with Gasteiger partial charge in [-0.2, -0.15) is 0 Å². The van der Waals surface area contributed by atoms with Crippen molar-refractivity contribution >= 4 is 28.3 Å². The molecule has 154 valence electrons. The van der Waals surface area contributed by atoms with E-state index in [1.807, 2.05) is 48.5 Å². The third-order valence-corrected chi connectivity index (χ3v) is 5.38. The van der Waals surface area contributed by atoms with Crippen LogP contribution in [0.25, 0.3) is 21.9 Å². The lowest BCUT2D eigenvalue weighted by atomic mass is 10.00. The molecule has 0 bridgehead atoms. The van der Waals surface area contributed by atoms with Crippen LogP contribution in [0.3, 0.4) is 0 Å². The van der Waals surface area contributed by atoms with Crippen molar-refractivity contribution in [3.63, 3.8) is 0 Å². The maximum absolute atomic E-state index is 12.7. The molecule has 0 atom stereocenters. The molecule has 4 nitrogen and oxygen atoms in total. The predicted molar refractivity (Wildman–Crippen MR) is 124 cm³/mol. The van der Waals surface area contributed by atoms with E-state index in [1.165, 1.54) is 5.56 Å². The number of rotatable bonds is 6. The van der Waals surface area contributed by atoms with Gasteiger partial charge in [-0.3, -0.25) is 4.79 Å². The number of aromatic carboxylic acids is 1. The largest absolute Gasteiger partial charge is 0.478 e. The molecule has 1 amide bonds. The first-order valence-electron chi connectivity index (χ1n) is 10.3. The van der Waals surface area contributed by atoms with Crippen molar-refractivity contribution in [2.75, 3.05) is 5.32 Å². The summed E-state index contributed by atoms with van der Waals surface area (Å²) in [7, 11) is 0. The van der Waals surface area contributed by atoms with Gasteiger partial charge in [0.05, 0.1) is 17.7 Å². The van der Waals surface area contributed by atoms with Crippen LogP contribution in [0.1, 0.15) is 28.4 Å². The fourth-order valence-electron chi connectivity index (χ4n) is 3.69. The summed E-state index contributed by atoms with van der Waals surface area (Å²) in [5.41, 5.74) is 4.68. The monoisotopic (exact) mass is 409 g/mol. The lowest BCUT2D eigenvalue weighted by molar-refractivity contribution is -0.115. The van der Waals surface area contributed by atoms with Gasteiger partial charge in [-0.05, 0) is 51.6 Å². The third-order valence-electron chi connectivity index (χ3n) is 5.38. The van der Waals surface area contributed by atoms with Gasteiger partial charge in [0.15, 0.2) is 0 Å². The second-order valence-electron chi connectivity index (χ2n) is 7.53. The molecule has 31 heavy (non-hydrogen) atoms. The number of fused-ring (bicyclic) bond motifs is 1. The number of amides is 1.